The van der Waals surface area contributed by atoms with E-state index in [0.717, 1.165) is 18.9 Å². The molecule has 1 unspecified atom stereocenters. The average molecular weight is 191 g/mol. The molecule has 1 atom stereocenters. The fraction of sp³-hybridized carbons (Fsp3) is 0.538. The van der Waals surface area contributed by atoms with Crippen LogP contribution in [-0.4, -0.2) is 6.54 Å². The molecule has 0 bridgehead atoms. The minimum atomic E-state index is 0.640. The Morgan fingerprint density at radius 1 is 1.14 bits per heavy atom. The molecule has 0 saturated carbocycles. The zero-order chi connectivity index (χ0) is 10.4. The van der Waals surface area contributed by atoms with Crippen LogP contribution in [0, 0.1) is 5.92 Å². The summed E-state index contributed by atoms with van der Waals surface area (Å²) in [7, 11) is 0. The van der Waals surface area contributed by atoms with Crippen LogP contribution in [0.5, 0.6) is 0 Å². The quantitative estimate of drug-likeness (QED) is 0.760. The maximum absolute atomic E-state index is 5.64. The summed E-state index contributed by atoms with van der Waals surface area (Å²) in [5.41, 5.74) is 7.08. The van der Waals surface area contributed by atoms with Gasteiger partial charge in [0.15, 0.2) is 0 Å². The van der Waals surface area contributed by atoms with E-state index in [0.29, 0.717) is 5.92 Å². The van der Waals surface area contributed by atoms with Gasteiger partial charge in [0.2, 0.25) is 0 Å². The highest BCUT2D eigenvalue weighted by atomic mass is 14.5. The monoisotopic (exact) mass is 191 g/mol. The average Bonchev–Trinajstić information content (AvgIpc) is 2.18. The van der Waals surface area contributed by atoms with E-state index >= 15 is 0 Å². The Hall–Kier alpha value is -0.820. The highest BCUT2D eigenvalue weighted by molar-refractivity contribution is 5.19. The normalized spacial score (nSPS) is 13.1. The van der Waals surface area contributed by atoms with Crippen molar-refractivity contribution >= 4 is 0 Å². The summed E-state index contributed by atoms with van der Waals surface area (Å²) in [5, 5.41) is 0. The minimum absolute atomic E-state index is 0.640. The molecule has 14 heavy (non-hydrogen) atoms. The lowest BCUT2D eigenvalue weighted by Crippen LogP contribution is -2.09. The third kappa shape index (κ3) is 3.51. The van der Waals surface area contributed by atoms with E-state index in [-0.39, 0.29) is 0 Å². The van der Waals surface area contributed by atoms with Crippen molar-refractivity contribution in [3.8, 4) is 0 Å². The molecule has 1 nitrogen and oxygen atoms in total. The molecule has 0 radical (unpaired) electrons. The van der Waals surface area contributed by atoms with Gasteiger partial charge in [-0.15, -0.1) is 0 Å². The largest absolute Gasteiger partial charge is 0.330 e. The van der Waals surface area contributed by atoms with E-state index < -0.39 is 0 Å². The Balaban J connectivity index is 2.67. The maximum Gasteiger partial charge on any atom is -0.00714 e. The summed E-state index contributed by atoms with van der Waals surface area (Å²) in [6.07, 6.45) is 2.34. The first-order valence-electron chi connectivity index (χ1n) is 5.49. The number of benzene rings is 1. The number of nitrogens with two attached hydrogens (primary N) is 1. The zero-order valence-corrected chi connectivity index (χ0v) is 9.24. The van der Waals surface area contributed by atoms with Crippen LogP contribution in [-0.2, 0) is 0 Å². The van der Waals surface area contributed by atoms with Gasteiger partial charge in [0, 0.05) is 0 Å². The van der Waals surface area contributed by atoms with Crippen LogP contribution < -0.4 is 5.73 Å². The predicted octanol–water partition coefficient (Wildman–Crippen LogP) is 3.17. The Morgan fingerprint density at radius 2 is 1.79 bits per heavy atom. The summed E-state index contributed by atoms with van der Waals surface area (Å²) in [6, 6.07) is 10.7. The van der Waals surface area contributed by atoms with E-state index in [1.54, 1.807) is 0 Å². The molecule has 1 heteroatoms. The topological polar surface area (TPSA) is 26.0 Å². The molecule has 0 aromatic heterocycles. The van der Waals surface area contributed by atoms with Crippen molar-refractivity contribution in [1.29, 1.82) is 0 Å². The van der Waals surface area contributed by atoms with Gasteiger partial charge >= 0.3 is 0 Å². The zero-order valence-electron chi connectivity index (χ0n) is 9.24. The first kappa shape index (κ1) is 11.3. The highest BCUT2D eigenvalue weighted by Gasteiger charge is 2.11. The number of hydrogen-bond acceptors (Lipinski definition) is 1. The molecule has 0 aliphatic heterocycles. The Morgan fingerprint density at radius 3 is 2.29 bits per heavy atom. The van der Waals surface area contributed by atoms with Gasteiger partial charge in [0.1, 0.15) is 0 Å². The molecule has 0 spiro atoms. The van der Waals surface area contributed by atoms with Crippen molar-refractivity contribution in [2.24, 2.45) is 11.7 Å². The third-order valence-corrected chi connectivity index (χ3v) is 2.54. The predicted molar refractivity (Wildman–Crippen MR) is 62.3 cm³/mol. The highest BCUT2D eigenvalue weighted by Crippen LogP contribution is 2.26. The molecule has 0 aliphatic carbocycles. The van der Waals surface area contributed by atoms with Gasteiger partial charge in [-0.2, -0.15) is 0 Å². The SMILES string of the molecule is CC(C)CC(CCN)c1ccccc1. The molecule has 0 amide bonds. The third-order valence-electron chi connectivity index (χ3n) is 2.54. The van der Waals surface area contributed by atoms with Crippen molar-refractivity contribution < 1.29 is 0 Å². The van der Waals surface area contributed by atoms with Crippen LogP contribution in [0.25, 0.3) is 0 Å². The van der Waals surface area contributed by atoms with E-state index in [2.05, 4.69) is 44.2 Å². The van der Waals surface area contributed by atoms with Gasteiger partial charge in [-0.1, -0.05) is 44.2 Å². The second kappa shape index (κ2) is 5.82. The summed E-state index contributed by atoms with van der Waals surface area (Å²) in [6.45, 7) is 5.32. The lowest BCUT2D eigenvalue weighted by molar-refractivity contribution is 0.480. The Bertz CT molecular complexity index is 241. The van der Waals surface area contributed by atoms with Crippen LogP contribution in [0.4, 0.5) is 0 Å². The lowest BCUT2D eigenvalue weighted by Gasteiger charge is -2.18. The van der Waals surface area contributed by atoms with Crippen LogP contribution in [0.3, 0.4) is 0 Å². The Labute approximate surface area is 87.3 Å². The van der Waals surface area contributed by atoms with Crippen LogP contribution >= 0.6 is 0 Å². The van der Waals surface area contributed by atoms with Crippen molar-refractivity contribution in [1.82, 2.24) is 0 Å². The van der Waals surface area contributed by atoms with Crippen molar-refractivity contribution in [2.45, 2.75) is 32.6 Å². The van der Waals surface area contributed by atoms with Crippen LogP contribution in [0.1, 0.15) is 38.2 Å². The minimum Gasteiger partial charge on any atom is -0.330 e. The standard InChI is InChI=1S/C13H21N/c1-11(2)10-13(8-9-14)12-6-4-3-5-7-12/h3-7,11,13H,8-10,14H2,1-2H3. The van der Waals surface area contributed by atoms with Gasteiger partial charge < -0.3 is 5.73 Å². The second-order valence-corrected chi connectivity index (χ2v) is 4.31. The first-order valence-corrected chi connectivity index (χ1v) is 5.49. The smallest absolute Gasteiger partial charge is 0.00714 e. The Kier molecular flexibility index (Phi) is 4.68. The number of hydrogen-bond donors (Lipinski definition) is 1. The molecule has 1 rings (SSSR count). The molecule has 2 N–H and O–H groups in total. The second-order valence-electron chi connectivity index (χ2n) is 4.31. The van der Waals surface area contributed by atoms with Crippen molar-refractivity contribution in [2.75, 3.05) is 6.54 Å². The van der Waals surface area contributed by atoms with E-state index in [9.17, 15) is 0 Å². The lowest BCUT2D eigenvalue weighted by atomic mass is 9.88. The van der Waals surface area contributed by atoms with Crippen molar-refractivity contribution in [3.05, 3.63) is 35.9 Å². The van der Waals surface area contributed by atoms with Crippen LogP contribution in [0.2, 0.25) is 0 Å². The van der Waals surface area contributed by atoms with E-state index in [1.165, 1.54) is 12.0 Å². The summed E-state index contributed by atoms with van der Waals surface area (Å²) < 4.78 is 0. The molecule has 0 saturated heterocycles. The maximum atomic E-state index is 5.64. The molecule has 1 aromatic carbocycles. The fourth-order valence-corrected chi connectivity index (χ4v) is 1.92. The molecule has 1 aromatic rings. The van der Waals surface area contributed by atoms with Gasteiger partial charge in [-0.25, -0.2) is 0 Å². The molecule has 78 valence electrons. The fourth-order valence-electron chi connectivity index (χ4n) is 1.92. The van der Waals surface area contributed by atoms with E-state index in [4.69, 9.17) is 5.73 Å². The van der Waals surface area contributed by atoms with Crippen LogP contribution in [0.15, 0.2) is 30.3 Å². The molecule has 0 aliphatic rings. The number of rotatable bonds is 5. The molecular formula is C13H21N. The van der Waals surface area contributed by atoms with Gasteiger partial charge in [-0.05, 0) is 36.8 Å². The summed E-state index contributed by atoms with van der Waals surface area (Å²) >= 11 is 0. The van der Waals surface area contributed by atoms with E-state index in [1.807, 2.05) is 0 Å². The first-order chi connectivity index (χ1) is 6.74. The molecule has 0 fully saturated rings. The summed E-state index contributed by atoms with van der Waals surface area (Å²) in [4.78, 5) is 0. The van der Waals surface area contributed by atoms with Crippen molar-refractivity contribution in [3.63, 3.8) is 0 Å². The van der Waals surface area contributed by atoms with Gasteiger partial charge in [0.05, 0.1) is 0 Å². The molecule has 0 heterocycles. The molecular weight excluding hydrogens is 170 g/mol. The van der Waals surface area contributed by atoms with Gasteiger partial charge in [-0.3, -0.25) is 0 Å². The summed E-state index contributed by atoms with van der Waals surface area (Å²) in [5.74, 6) is 1.38. The van der Waals surface area contributed by atoms with Gasteiger partial charge in [0.25, 0.3) is 0 Å².